The van der Waals surface area contributed by atoms with Gasteiger partial charge in [-0.2, -0.15) is 0 Å². The third-order valence-corrected chi connectivity index (χ3v) is 4.80. The van der Waals surface area contributed by atoms with Gasteiger partial charge in [0.05, 0.1) is 0 Å². The van der Waals surface area contributed by atoms with Gasteiger partial charge in [-0.3, -0.25) is 0 Å². The van der Waals surface area contributed by atoms with Crippen LogP contribution in [-0.2, 0) is 0 Å². The normalized spacial score (nSPS) is 17.9. The first-order chi connectivity index (χ1) is 6.78. The zero-order valence-electron chi connectivity index (χ0n) is 8.80. The maximum Gasteiger partial charge on any atom is 0.278 e. The van der Waals surface area contributed by atoms with E-state index in [9.17, 15) is 0 Å². The van der Waals surface area contributed by atoms with Crippen LogP contribution in [0.25, 0.3) is 0 Å². The molecule has 0 aromatic heterocycles. The van der Waals surface area contributed by atoms with E-state index in [-0.39, 0.29) is 0 Å². The summed E-state index contributed by atoms with van der Waals surface area (Å²) in [5.74, 6) is 0.866. The van der Waals surface area contributed by atoms with Gasteiger partial charge in [-0.05, 0) is 23.9 Å². The molecule has 0 unspecified atom stereocenters. The van der Waals surface area contributed by atoms with E-state index in [2.05, 4.69) is 0 Å². The molecule has 0 bridgehead atoms. The average Bonchev–Trinajstić information content (AvgIpc) is 2.34. The molecule has 1 aliphatic heterocycles. The summed E-state index contributed by atoms with van der Waals surface area (Å²) in [5.41, 5.74) is 0. The summed E-state index contributed by atoms with van der Waals surface area (Å²) in [7, 11) is 0. The van der Waals surface area contributed by atoms with Crippen molar-refractivity contribution in [3.63, 3.8) is 0 Å². The topological polar surface area (TPSA) is 18.5 Å². The second kappa shape index (κ2) is 3.30. The number of fused-ring (bicyclic) bond motifs is 1. The largest absolute Gasteiger partial charge is 0.449 e. The van der Waals surface area contributed by atoms with Crippen molar-refractivity contribution in [2.24, 2.45) is 0 Å². The van der Waals surface area contributed by atoms with Gasteiger partial charge in [-0.1, -0.05) is 6.07 Å². The highest BCUT2D eigenvalue weighted by Crippen LogP contribution is 2.38. The lowest BCUT2D eigenvalue weighted by atomic mass is 10.3. The molecule has 0 saturated heterocycles. The van der Waals surface area contributed by atoms with E-state index in [1.165, 1.54) is 0 Å². The first-order valence-corrected chi connectivity index (χ1v) is 9.21. The Morgan fingerprint density at radius 2 is 1.73 bits per heavy atom. The monoisotopic (exact) mass is 262 g/mol. The predicted molar refractivity (Wildman–Crippen MR) is 64.7 cm³/mol. The van der Waals surface area contributed by atoms with E-state index in [1.807, 2.05) is 38.6 Å². The molecule has 0 radical (unpaired) electrons. The molecule has 0 saturated carbocycles. The van der Waals surface area contributed by atoms with E-state index < -0.39 is 12.5 Å². The highest BCUT2D eigenvalue weighted by molar-refractivity contribution is 7.50. The number of hydrogen-bond donors (Lipinski definition) is 0. The molecular weight excluding hydrogens is 251 g/mol. The Bertz CT molecular complexity index is 399. The van der Waals surface area contributed by atoms with E-state index in [1.54, 1.807) is 0 Å². The van der Waals surface area contributed by atoms with E-state index in [4.69, 9.17) is 31.6 Å². The van der Waals surface area contributed by atoms with Crippen molar-refractivity contribution in [3.05, 3.63) is 18.2 Å². The molecule has 0 N–H and O–H groups in total. The average molecular weight is 263 g/mol. The lowest BCUT2D eigenvalue weighted by Gasteiger charge is -2.16. The molecule has 15 heavy (non-hydrogen) atoms. The summed E-state index contributed by atoms with van der Waals surface area (Å²) in [4.78, 5) is 0. The molecule has 5 heteroatoms. The van der Waals surface area contributed by atoms with Crippen LogP contribution in [0.4, 0.5) is 0 Å². The zero-order valence-corrected chi connectivity index (χ0v) is 11.3. The molecule has 1 heterocycles. The molecular formula is C10H12Cl2O2Si. The molecule has 0 atom stereocenters. The van der Waals surface area contributed by atoms with Crippen molar-refractivity contribution in [2.75, 3.05) is 0 Å². The Balaban J connectivity index is 2.39. The lowest BCUT2D eigenvalue weighted by molar-refractivity contribution is -0.0431. The van der Waals surface area contributed by atoms with E-state index >= 15 is 0 Å². The maximum absolute atomic E-state index is 6.14. The first kappa shape index (κ1) is 11.1. The fourth-order valence-corrected chi connectivity index (χ4v) is 2.96. The smallest absolute Gasteiger partial charge is 0.278 e. The summed E-state index contributed by atoms with van der Waals surface area (Å²) in [5, 5.41) is 0.936. The number of benzene rings is 1. The molecule has 0 fully saturated rings. The maximum atomic E-state index is 6.14. The van der Waals surface area contributed by atoms with Crippen LogP contribution in [0.5, 0.6) is 11.5 Å². The van der Waals surface area contributed by atoms with Crippen LogP contribution in [0.1, 0.15) is 13.8 Å². The van der Waals surface area contributed by atoms with Crippen molar-refractivity contribution < 1.29 is 9.47 Å². The third-order valence-electron chi connectivity index (χ3n) is 2.16. The van der Waals surface area contributed by atoms with Gasteiger partial charge in [0.25, 0.3) is 6.69 Å². The Labute approximate surface area is 99.5 Å². The molecule has 1 aromatic rings. The molecule has 0 spiro atoms. The van der Waals surface area contributed by atoms with Crippen LogP contribution in [0, 0.1) is 0 Å². The fourth-order valence-electron chi connectivity index (χ4n) is 1.50. The van der Waals surface area contributed by atoms with Crippen molar-refractivity contribution in [2.45, 2.75) is 26.2 Å². The van der Waals surface area contributed by atoms with Crippen LogP contribution >= 0.6 is 22.2 Å². The first-order valence-electron chi connectivity index (χ1n) is 4.68. The van der Waals surface area contributed by atoms with Crippen molar-refractivity contribution in [1.82, 2.24) is 0 Å². The number of rotatable bonds is 1. The molecule has 82 valence electrons. The van der Waals surface area contributed by atoms with E-state index in [0.717, 1.165) is 16.7 Å². The molecule has 1 aromatic carbocycles. The van der Waals surface area contributed by atoms with Crippen molar-refractivity contribution >= 4 is 34.0 Å². The number of hydrogen-bond acceptors (Lipinski definition) is 2. The lowest BCUT2D eigenvalue weighted by Crippen LogP contribution is -2.32. The minimum absolute atomic E-state index is 0.600. The zero-order chi connectivity index (χ0) is 11.3. The van der Waals surface area contributed by atoms with Crippen LogP contribution in [-0.4, -0.2) is 12.5 Å². The minimum atomic E-state index is -2.31. The second-order valence-corrected chi connectivity index (χ2v) is 11.6. The van der Waals surface area contributed by atoms with E-state index in [0.29, 0.717) is 0 Å². The van der Waals surface area contributed by atoms with Gasteiger partial charge in [-0.15, -0.1) is 22.2 Å². The summed E-state index contributed by atoms with van der Waals surface area (Å²) in [6, 6.07) is 5.63. The summed E-state index contributed by atoms with van der Waals surface area (Å²) < 4.78 is 11.2. The van der Waals surface area contributed by atoms with Gasteiger partial charge in [-0.25, -0.2) is 0 Å². The highest BCUT2D eigenvalue weighted by atomic mass is 35.7. The van der Waals surface area contributed by atoms with Crippen molar-refractivity contribution in [1.29, 1.82) is 0 Å². The summed E-state index contributed by atoms with van der Waals surface area (Å²) in [6.45, 7) is 3.28. The molecule has 2 nitrogen and oxygen atoms in total. The molecule has 2 rings (SSSR count). The Morgan fingerprint density at radius 3 is 2.33 bits per heavy atom. The number of halogens is 2. The van der Waals surface area contributed by atoms with Gasteiger partial charge in [0.1, 0.15) is 0 Å². The summed E-state index contributed by atoms with van der Waals surface area (Å²) in [6.07, 6.45) is 0. The molecule has 0 amide bonds. The van der Waals surface area contributed by atoms with Crippen LogP contribution in [0.15, 0.2) is 18.2 Å². The Morgan fingerprint density at radius 1 is 1.13 bits per heavy atom. The predicted octanol–water partition coefficient (Wildman–Crippen LogP) is 2.95. The quantitative estimate of drug-likeness (QED) is 0.573. The van der Waals surface area contributed by atoms with Crippen LogP contribution in [0.2, 0.25) is 6.55 Å². The minimum Gasteiger partial charge on any atom is -0.449 e. The summed E-state index contributed by atoms with van der Waals surface area (Å²) >= 11 is 12.3. The molecule has 1 aliphatic rings. The fraction of sp³-hybridized carbons (Fsp3) is 0.400. The van der Waals surface area contributed by atoms with Crippen molar-refractivity contribution in [3.8, 4) is 11.5 Å². The third kappa shape index (κ3) is 2.24. The Kier molecular flexibility index (Phi) is 2.45. The van der Waals surface area contributed by atoms with Gasteiger partial charge in [0.15, 0.2) is 11.5 Å². The Hall–Kier alpha value is -0.383. The highest BCUT2D eigenvalue weighted by Gasteiger charge is 2.33. The standard InChI is InChI=1S/C10H12Cl2O2Si/c1-10(2)13-8-5-4-7(15(3,11)12)6-9(8)14-10/h4-6H,1-3H3. The van der Waals surface area contributed by atoms with Gasteiger partial charge < -0.3 is 9.47 Å². The van der Waals surface area contributed by atoms with Crippen LogP contribution < -0.4 is 14.7 Å². The van der Waals surface area contributed by atoms with Gasteiger partial charge in [0, 0.05) is 13.8 Å². The van der Waals surface area contributed by atoms with Gasteiger partial charge >= 0.3 is 0 Å². The van der Waals surface area contributed by atoms with Gasteiger partial charge in [0.2, 0.25) is 5.79 Å². The number of ether oxygens (including phenoxy) is 2. The second-order valence-electron chi connectivity index (χ2n) is 4.15. The SMILES string of the molecule is CC1(C)Oc2ccc([Si](C)(Cl)Cl)cc2O1. The molecule has 0 aliphatic carbocycles. The van der Waals surface area contributed by atoms with Crippen LogP contribution in [0.3, 0.4) is 0 Å².